The van der Waals surface area contributed by atoms with Crippen LogP contribution in [0.1, 0.15) is 31.7 Å². The molecule has 2 aliphatic rings. The second kappa shape index (κ2) is 5.86. The SMILES string of the molecule is CN1CC2(CCN(c3cncc([C@](C)(O)C(F)(F)F)c3)CC2)CC1=O. The number of nitrogens with zero attached hydrogens (tertiary/aromatic N) is 3. The molecule has 0 radical (unpaired) electrons. The molecule has 0 unspecified atom stereocenters. The third kappa shape index (κ3) is 3.19. The standard InChI is InChI=1S/C17H22F3N3O2/c1-15(25,17(18,19)20)12-7-13(10-21-9-12)23-5-3-16(4-6-23)8-14(24)22(2)11-16/h7,9-10,25H,3-6,8,11H2,1-2H3/t15-/m0/s1. The van der Waals surface area contributed by atoms with Gasteiger partial charge in [0, 0.05) is 50.3 Å². The molecular weight excluding hydrogens is 335 g/mol. The lowest BCUT2D eigenvalue weighted by atomic mass is 9.77. The lowest BCUT2D eigenvalue weighted by Crippen LogP contribution is -2.42. The lowest BCUT2D eigenvalue weighted by Gasteiger charge is -2.40. The molecule has 2 saturated heterocycles. The number of amides is 1. The maximum absolute atomic E-state index is 13.0. The topological polar surface area (TPSA) is 56.7 Å². The fraction of sp³-hybridized carbons (Fsp3) is 0.647. The van der Waals surface area contributed by atoms with Crippen LogP contribution in [0.3, 0.4) is 0 Å². The maximum atomic E-state index is 13.0. The fourth-order valence-corrected chi connectivity index (χ4v) is 3.71. The summed E-state index contributed by atoms with van der Waals surface area (Å²) >= 11 is 0. The van der Waals surface area contributed by atoms with Crippen molar-refractivity contribution in [2.75, 3.05) is 31.6 Å². The first-order valence-corrected chi connectivity index (χ1v) is 8.28. The molecule has 0 aromatic carbocycles. The summed E-state index contributed by atoms with van der Waals surface area (Å²) in [6.45, 7) is 2.78. The predicted octanol–water partition coefficient (Wildman–Crippen LogP) is 2.30. The van der Waals surface area contributed by atoms with Crippen LogP contribution in [0.15, 0.2) is 18.5 Å². The van der Waals surface area contributed by atoms with E-state index >= 15 is 0 Å². The van der Waals surface area contributed by atoms with Crippen LogP contribution in [0.2, 0.25) is 0 Å². The molecule has 2 aliphatic heterocycles. The van der Waals surface area contributed by atoms with Gasteiger partial charge in [-0.15, -0.1) is 0 Å². The second-order valence-electron chi connectivity index (χ2n) is 7.42. The number of hydrogen-bond acceptors (Lipinski definition) is 4. The Morgan fingerprint density at radius 2 is 1.88 bits per heavy atom. The van der Waals surface area contributed by atoms with Crippen LogP contribution in [-0.4, -0.2) is 53.8 Å². The average molecular weight is 357 g/mol. The highest BCUT2D eigenvalue weighted by Gasteiger charge is 2.51. The molecule has 1 N–H and O–H groups in total. The minimum atomic E-state index is -4.77. The van der Waals surface area contributed by atoms with Crippen molar-refractivity contribution in [3.63, 3.8) is 0 Å². The van der Waals surface area contributed by atoms with Crippen LogP contribution < -0.4 is 4.90 Å². The Bertz CT molecular complexity index is 667. The van der Waals surface area contributed by atoms with E-state index in [1.54, 1.807) is 11.9 Å². The van der Waals surface area contributed by atoms with Gasteiger partial charge in [-0.3, -0.25) is 9.78 Å². The van der Waals surface area contributed by atoms with E-state index in [-0.39, 0.29) is 16.9 Å². The van der Waals surface area contributed by atoms with Crippen molar-refractivity contribution >= 4 is 11.6 Å². The van der Waals surface area contributed by atoms with Gasteiger partial charge < -0.3 is 14.9 Å². The normalized spacial score (nSPS) is 23.2. The van der Waals surface area contributed by atoms with Crippen molar-refractivity contribution in [1.82, 2.24) is 9.88 Å². The molecular formula is C17H22F3N3O2. The number of likely N-dealkylation sites (tertiary alicyclic amines) is 1. The third-order valence-corrected chi connectivity index (χ3v) is 5.55. The number of alkyl halides is 3. The Morgan fingerprint density at radius 1 is 1.24 bits per heavy atom. The van der Waals surface area contributed by atoms with Crippen LogP contribution >= 0.6 is 0 Å². The molecule has 1 aromatic rings. The van der Waals surface area contributed by atoms with Crippen molar-refractivity contribution in [2.24, 2.45) is 5.41 Å². The molecule has 0 bridgehead atoms. The van der Waals surface area contributed by atoms with Crippen LogP contribution in [0.4, 0.5) is 18.9 Å². The first-order valence-electron chi connectivity index (χ1n) is 8.28. The number of hydrogen-bond donors (Lipinski definition) is 1. The van der Waals surface area contributed by atoms with E-state index in [1.807, 2.05) is 4.90 Å². The highest BCUT2D eigenvalue weighted by molar-refractivity contribution is 5.79. The minimum absolute atomic E-state index is 0.0230. The van der Waals surface area contributed by atoms with E-state index in [2.05, 4.69) is 4.98 Å². The highest BCUT2D eigenvalue weighted by Crippen LogP contribution is 2.42. The van der Waals surface area contributed by atoms with Crippen molar-refractivity contribution < 1.29 is 23.1 Å². The van der Waals surface area contributed by atoms with Crippen LogP contribution in [-0.2, 0) is 10.4 Å². The molecule has 2 fully saturated rings. The minimum Gasteiger partial charge on any atom is -0.376 e. The Labute approximate surface area is 144 Å². The average Bonchev–Trinajstić information content (AvgIpc) is 2.81. The molecule has 1 amide bonds. The van der Waals surface area contributed by atoms with E-state index in [9.17, 15) is 23.1 Å². The number of anilines is 1. The van der Waals surface area contributed by atoms with E-state index in [1.165, 1.54) is 12.3 Å². The summed E-state index contributed by atoms with van der Waals surface area (Å²) in [7, 11) is 1.80. The molecule has 1 aromatic heterocycles. The van der Waals surface area contributed by atoms with Gasteiger partial charge in [-0.05, 0) is 25.8 Å². The number of halogens is 3. The first kappa shape index (κ1) is 18.0. The van der Waals surface area contributed by atoms with Gasteiger partial charge >= 0.3 is 6.18 Å². The van der Waals surface area contributed by atoms with Gasteiger partial charge in [0.15, 0.2) is 5.60 Å². The molecule has 25 heavy (non-hydrogen) atoms. The summed E-state index contributed by atoms with van der Waals surface area (Å²) in [5.74, 6) is 0.151. The fourth-order valence-electron chi connectivity index (χ4n) is 3.71. The molecule has 138 valence electrons. The Kier molecular flexibility index (Phi) is 4.21. The number of rotatable bonds is 2. The maximum Gasteiger partial charge on any atom is 0.421 e. The van der Waals surface area contributed by atoms with Gasteiger partial charge in [-0.2, -0.15) is 13.2 Å². The van der Waals surface area contributed by atoms with Crippen molar-refractivity contribution in [2.45, 2.75) is 38.0 Å². The Balaban J connectivity index is 1.75. The molecule has 8 heteroatoms. The number of aliphatic hydroxyl groups is 1. The molecule has 3 heterocycles. The molecule has 1 atom stereocenters. The molecule has 0 aliphatic carbocycles. The first-order chi connectivity index (χ1) is 11.5. The van der Waals surface area contributed by atoms with Gasteiger partial charge in [-0.25, -0.2) is 0 Å². The molecule has 3 rings (SSSR count). The number of piperidine rings is 1. The molecule has 0 saturated carbocycles. The van der Waals surface area contributed by atoms with Crippen LogP contribution in [0.5, 0.6) is 0 Å². The Hall–Kier alpha value is -1.83. The summed E-state index contributed by atoms with van der Waals surface area (Å²) in [6, 6.07) is 1.35. The smallest absolute Gasteiger partial charge is 0.376 e. The van der Waals surface area contributed by atoms with E-state index in [0.717, 1.165) is 32.5 Å². The summed E-state index contributed by atoms with van der Waals surface area (Å²) in [4.78, 5) is 19.4. The Morgan fingerprint density at radius 3 is 2.40 bits per heavy atom. The summed E-state index contributed by atoms with van der Waals surface area (Å²) in [5, 5.41) is 9.84. The van der Waals surface area contributed by atoms with Gasteiger partial charge in [0.2, 0.25) is 5.91 Å². The van der Waals surface area contributed by atoms with Gasteiger partial charge in [0.05, 0.1) is 11.9 Å². The third-order valence-electron chi connectivity index (χ3n) is 5.55. The lowest BCUT2D eigenvalue weighted by molar-refractivity contribution is -0.259. The summed E-state index contributed by atoms with van der Waals surface area (Å²) < 4.78 is 39.1. The van der Waals surface area contributed by atoms with E-state index < -0.39 is 11.8 Å². The molecule has 1 spiro atoms. The van der Waals surface area contributed by atoms with Crippen LogP contribution in [0.25, 0.3) is 0 Å². The van der Waals surface area contributed by atoms with Gasteiger partial charge in [0.1, 0.15) is 0 Å². The second-order valence-corrected chi connectivity index (χ2v) is 7.42. The summed E-state index contributed by atoms with van der Waals surface area (Å²) in [5.41, 5.74) is -2.67. The largest absolute Gasteiger partial charge is 0.421 e. The molecule has 5 nitrogen and oxygen atoms in total. The highest BCUT2D eigenvalue weighted by atomic mass is 19.4. The van der Waals surface area contributed by atoms with Gasteiger partial charge in [-0.1, -0.05) is 0 Å². The van der Waals surface area contributed by atoms with Crippen molar-refractivity contribution in [1.29, 1.82) is 0 Å². The van der Waals surface area contributed by atoms with Gasteiger partial charge in [0.25, 0.3) is 0 Å². The van der Waals surface area contributed by atoms with Crippen molar-refractivity contribution in [3.05, 3.63) is 24.0 Å². The van der Waals surface area contributed by atoms with E-state index in [4.69, 9.17) is 0 Å². The zero-order chi connectivity index (χ0) is 18.5. The zero-order valence-corrected chi connectivity index (χ0v) is 14.3. The van der Waals surface area contributed by atoms with Crippen molar-refractivity contribution in [3.8, 4) is 0 Å². The quantitative estimate of drug-likeness (QED) is 0.883. The predicted molar refractivity (Wildman–Crippen MR) is 86.0 cm³/mol. The number of pyridine rings is 1. The zero-order valence-electron chi connectivity index (χ0n) is 14.3. The summed E-state index contributed by atoms with van der Waals surface area (Å²) in [6.07, 6.45) is -0.0503. The van der Waals surface area contributed by atoms with Crippen LogP contribution in [0, 0.1) is 5.41 Å². The number of aromatic nitrogens is 1. The monoisotopic (exact) mass is 357 g/mol. The number of carbonyl (C=O) groups excluding carboxylic acids is 1. The number of carbonyl (C=O) groups is 1. The van der Waals surface area contributed by atoms with E-state index in [0.29, 0.717) is 25.2 Å².